The molecule has 0 radical (unpaired) electrons. The molecular formula is C29H36O15. The first-order valence-electron chi connectivity index (χ1n) is 13.9. The van der Waals surface area contributed by atoms with Crippen LogP contribution < -0.4 is 18.9 Å². The minimum atomic E-state index is -1.76. The number of aromatic hydroxyl groups is 1. The molecular weight excluding hydrogens is 588 g/mol. The molecule has 242 valence electrons. The highest BCUT2D eigenvalue weighted by atomic mass is 16.7. The fourth-order valence-corrected chi connectivity index (χ4v) is 5.35. The predicted octanol–water partition coefficient (Wildman–Crippen LogP) is -0.854. The number of Topliss-reactive ketones (excluding diaryl/α,β-unsaturated/α-hetero) is 1. The topological polar surface area (TPSA) is 223 Å². The Morgan fingerprint density at radius 3 is 2.20 bits per heavy atom. The number of phenols is 1. The Morgan fingerprint density at radius 1 is 0.818 bits per heavy atom. The molecule has 0 bridgehead atoms. The number of hydrogen-bond donors (Lipinski definition) is 7. The molecule has 44 heavy (non-hydrogen) atoms. The molecule has 2 aromatic rings. The van der Waals surface area contributed by atoms with Crippen LogP contribution in [0.25, 0.3) is 0 Å². The first kappa shape index (κ1) is 32.2. The van der Waals surface area contributed by atoms with Gasteiger partial charge in [-0.25, -0.2) is 0 Å². The molecule has 7 N–H and O–H groups in total. The number of rotatable bonds is 8. The van der Waals surface area contributed by atoms with Gasteiger partial charge in [-0.2, -0.15) is 0 Å². The number of fused-ring (bicyclic) bond motifs is 1. The number of carbonyl (C=O) groups is 1. The van der Waals surface area contributed by atoms with Crippen LogP contribution in [0.4, 0.5) is 0 Å². The third-order valence-corrected chi connectivity index (χ3v) is 7.91. The summed E-state index contributed by atoms with van der Waals surface area (Å²) in [6, 6.07) is 7.50. The van der Waals surface area contributed by atoms with Gasteiger partial charge in [0, 0.05) is 12.1 Å². The zero-order valence-electron chi connectivity index (χ0n) is 24.0. The van der Waals surface area contributed by atoms with Crippen LogP contribution in [0.5, 0.6) is 28.7 Å². The predicted molar refractivity (Wildman–Crippen MR) is 146 cm³/mol. The number of ketones is 1. The molecule has 2 fully saturated rings. The lowest BCUT2D eigenvalue weighted by molar-refractivity contribution is -0.318. The Morgan fingerprint density at radius 2 is 1.50 bits per heavy atom. The largest absolute Gasteiger partial charge is 0.507 e. The van der Waals surface area contributed by atoms with E-state index in [1.165, 1.54) is 27.2 Å². The summed E-state index contributed by atoms with van der Waals surface area (Å²) in [5, 5.41) is 72.3. The number of benzene rings is 2. The monoisotopic (exact) mass is 624 g/mol. The van der Waals surface area contributed by atoms with Gasteiger partial charge in [-0.1, -0.05) is 6.07 Å². The van der Waals surface area contributed by atoms with Crippen LogP contribution >= 0.6 is 0 Å². The normalized spacial score (nSPS) is 35.4. The summed E-state index contributed by atoms with van der Waals surface area (Å²) in [5.74, 6) is -0.00697. The van der Waals surface area contributed by atoms with Crippen molar-refractivity contribution in [2.45, 2.75) is 80.9 Å². The number of methoxy groups -OCH3 is 2. The van der Waals surface area contributed by atoms with Gasteiger partial charge in [-0.15, -0.1) is 0 Å². The van der Waals surface area contributed by atoms with Crippen molar-refractivity contribution in [3.63, 3.8) is 0 Å². The van der Waals surface area contributed by atoms with E-state index in [0.29, 0.717) is 17.1 Å². The van der Waals surface area contributed by atoms with E-state index in [2.05, 4.69) is 0 Å². The molecule has 15 nitrogen and oxygen atoms in total. The molecule has 10 unspecified atom stereocenters. The summed E-state index contributed by atoms with van der Waals surface area (Å²) >= 11 is 0. The van der Waals surface area contributed by atoms with E-state index in [0.717, 1.165) is 6.07 Å². The van der Waals surface area contributed by atoms with Gasteiger partial charge in [0.25, 0.3) is 0 Å². The van der Waals surface area contributed by atoms with Crippen LogP contribution in [0.2, 0.25) is 0 Å². The fourth-order valence-electron chi connectivity index (χ4n) is 5.35. The Labute approximate surface area is 251 Å². The molecule has 5 rings (SSSR count). The van der Waals surface area contributed by atoms with Crippen molar-refractivity contribution < 1.29 is 73.7 Å². The third-order valence-electron chi connectivity index (χ3n) is 7.91. The maximum Gasteiger partial charge on any atom is 0.229 e. The lowest BCUT2D eigenvalue weighted by Gasteiger charge is -2.42. The van der Waals surface area contributed by atoms with E-state index in [1.807, 2.05) is 0 Å². The number of hydrogen-bond acceptors (Lipinski definition) is 15. The van der Waals surface area contributed by atoms with Gasteiger partial charge in [-0.3, -0.25) is 4.79 Å². The molecule has 2 aromatic carbocycles. The zero-order chi connectivity index (χ0) is 31.9. The summed E-state index contributed by atoms with van der Waals surface area (Å²) < 4.78 is 38.9. The smallest absolute Gasteiger partial charge is 0.229 e. The number of aliphatic hydroxyl groups is 6. The van der Waals surface area contributed by atoms with Gasteiger partial charge in [0.05, 0.1) is 33.4 Å². The molecule has 11 atom stereocenters. The van der Waals surface area contributed by atoms with Crippen molar-refractivity contribution >= 4 is 5.78 Å². The maximum absolute atomic E-state index is 13.0. The first-order valence-corrected chi connectivity index (χ1v) is 13.9. The van der Waals surface area contributed by atoms with Crippen molar-refractivity contribution in [1.82, 2.24) is 0 Å². The zero-order valence-corrected chi connectivity index (χ0v) is 24.0. The lowest BCUT2D eigenvalue weighted by atomic mass is 9.95. The van der Waals surface area contributed by atoms with E-state index in [-0.39, 0.29) is 29.3 Å². The summed E-state index contributed by atoms with van der Waals surface area (Å²) in [4.78, 5) is 13.0. The standard InChI is InChI=1S/C29H36O15/c1-11-22(32)24(34)26(36)28(41-11)40-10-20-23(33)25(35)27(37)29(44-20)42-13-7-14(30)21-15(31)9-17(43-19(21)8-13)12-4-5-16(38-2)18(6-12)39-3/h4-8,11,17,20,22-30,32-37H,9-10H2,1-3H3/t11?,17-,20?,22?,23?,24?,25?,26?,27?,28?,29?/m0/s1. The summed E-state index contributed by atoms with van der Waals surface area (Å²) in [7, 11) is 2.97. The lowest BCUT2D eigenvalue weighted by Crippen LogP contribution is -2.61. The highest BCUT2D eigenvalue weighted by Gasteiger charge is 2.47. The van der Waals surface area contributed by atoms with Crippen molar-refractivity contribution in [3.05, 3.63) is 41.5 Å². The van der Waals surface area contributed by atoms with Crippen molar-refractivity contribution in [3.8, 4) is 28.7 Å². The Balaban J connectivity index is 1.31. The number of aliphatic hydroxyl groups excluding tert-OH is 6. The molecule has 0 aromatic heterocycles. The molecule has 3 aliphatic rings. The molecule has 0 spiro atoms. The maximum atomic E-state index is 13.0. The van der Waals surface area contributed by atoms with Gasteiger partial charge in [0.15, 0.2) is 23.6 Å². The second-order valence-electron chi connectivity index (χ2n) is 10.8. The van der Waals surface area contributed by atoms with Crippen LogP contribution in [0.15, 0.2) is 30.3 Å². The molecule has 15 heteroatoms. The Bertz CT molecular complexity index is 1340. The van der Waals surface area contributed by atoms with Gasteiger partial charge in [0.1, 0.15) is 71.6 Å². The van der Waals surface area contributed by atoms with Crippen molar-refractivity contribution in [1.29, 1.82) is 0 Å². The summed E-state index contributed by atoms with van der Waals surface area (Å²) in [6.45, 7) is 0.982. The average molecular weight is 625 g/mol. The number of ether oxygens (including phenoxy) is 7. The van der Waals surface area contributed by atoms with Crippen LogP contribution in [0, 0.1) is 0 Å². The second kappa shape index (κ2) is 13.0. The minimum Gasteiger partial charge on any atom is -0.507 e. The summed E-state index contributed by atoms with van der Waals surface area (Å²) in [6.07, 6.45) is -15.7. The van der Waals surface area contributed by atoms with Crippen LogP contribution in [0.3, 0.4) is 0 Å². The molecule has 2 saturated heterocycles. The van der Waals surface area contributed by atoms with Crippen LogP contribution in [-0.2, 0) is 14.2 Å². The van der Waals surface area contributed by atoms with E-state index in [1.54, 1.807) is 18.2 Å². The summed E-state index contributed by atoms with van der Waals surface area (Å²) in [5.41, 5.74) is 0.551. The molecule has 3 aliphatic heterocycles. The van der Waals surface area contributed by atoms with Gasteiger partial charge in [-0.05, 0) is 24.6 Å². The van der Waals surface area contributed by atoms with Crippen LogP contribution in [-0.4, -0.2) is 124 Å². The van der Waals surface area contributed by atoms with E-state index >= 15 is 0 Å². The van der Waals surface area contributed by atoms with Crippen molar-refractivity contribution in [2.24, 2.45) is 0 Å². The highest BCUT2D eigenvalue weighted by molar-refractivity contribution is 6.02. The third kappa shape index (κ3) is 6.15. The Kier molecular flexibility index (Phi) is 9.50. The highest BCUT2D eigenvalue weighted by Crippen LogP contribution is 2.43. The number of carbonyl (C=O) groups excluding carboxylic acids is 1. The van der Waals surface area contributed by atoms with E-state index in [4.69, 9.17) is 33.2 Å². The number of phenolic OH excluding ortho intramolecular Hbond substituents is 1. The van der Waals surface area contributed by atoms with Gasteiger partial charge in [0.2, 0.25) is 6.29 Å². The van der Waals surface area contributed by atoms with Crippen molar-refractivity contribution in [2.75, 3.05) is 20.8 Å². The molecule has 3 heterocycles. The van der Waals surface area contributed by atoms with Gasteiger partial charge >= 0.3 is 0 Å². The molecule has 0 saturated carbocycles. The average Bonchev–Trinajstić information content (AvgIpc) is 3.01. The van der Waals surface area contributed by atoms with Gasteiger partial charge < -0.3 is 68.9 Å². The van der Waals surface area contributed by atoms with Crippen LogP contribution in [0.1, 0.15) is 35.4 Å². The fraction of sp³-hybridized carbons (Fsp3) is 0.552. The second-order valence-corrected chi connectivity index (χ2v) is 10.8. The quantitative estimate of drug-likeness (QED) is 0.190. The minimum absolute atomic E-state index is 0.0000931. The SMILES string of the molecule is COc1ccc([C@@H]2CC(=O)c3c(O)cc(OC4OC(COC5OC(C)C(O)C(O)C5O)C(O)C(O)C4O)cc3O2)cc1OC. The van der Waals surface area contributed by atoms with E-state index < -0.39 is 79.9 Å². The first-order chi connectivity index (χ1) is 20.9. The van der Waals surface area contributed by atoms with E-state index in [9.17, 15) is 40.5 Å². The molecule has 0 amide bonds. The molecule has 0 aliphatic carbocycles. The Hall–Kier alpha value is -3.25.